The Hall–Kier alpha value is -2.67. The van der Waals surface area contributed by atoms with E-state index in [9.17, 15) is 4.79 Å². The molecule has 0 aromatic heterocycles. The molecule has 1 aliphatic rings. The first-order valence-corrected chi connectivity index (χ1v) is 8.06. The van der Waals surface area contributed by atoms with Crippen LogP contribution in [0.2, 0.25) is 0 Å². The van der Waals surface area contributed by atoms with Crippen LogP contribution < -0.4 is 0 Å². The van der Waals surface area contributed by atoms with Gasteiger partial charge in [0, 0.05) is 11.5 Å². The first-order chi connectivity index (χ1) is 11.3. The lowest BCUT2D eigenvalue weighted by molar-refractivity contribution is 0.0935. The van der Waals surface area contributed by atoms with Gasteiger partial charge in [0.25, 0.3) is 0 Å². The largest absolute Gasteiger partial charge is 0.293 e. The molecule has 0 heterocycles. The van der Waals surface area contributed by atoms with Crippen molar-refractivity contribution in [3.8, 4) is 0 Å². The number of hydrogen-bond donors (Lipinski definition) is 0. The van der Waals surface area contributed by atoms with Gasteiger partial charge in [-0.05, 0) is 23.1 Å². The van der Waals surface area contributed by atoms with Crippen molar-refractivity contribution in [3.05, 3.63) is 107 Å². The lowest BCUT2D eigenvalue weighted by atomic mass is 9.69. The van der Waals surface area contributed by atoms with Crippen LogP contribution in [0.25, 0.3) is 0 Å². The summed E-state index contributed by atoms with van der Waals surface area (Å²) < 4.78 is 0. The quantitative estimate of drug-likeness (QED) is 0.651. The van der Waals surface area contributed by atoms with Crippen LogP contribution in [0.4, 0.5) is 0 Å². The van der Waals surface area contributed by atoms with Gasteiger partial charge < -0.3 is 0 Å². The van der Waals surface area contributed by atoms with E-state index in [4.69, 9.17) is 0 Å². The summed E-state index contributed by atoms with van der Waals surface area (Å²) in [7, 11) is 0. The average molecular weight is 298 g/mol. The molecule has 4 rings (SSSR count). The Morgan fingerprint density at radius 1 is 0.652 bits per heavy atom. The van der Waals surface area contributed by atoms with Crippen LogP contribution in [0, 0.1) is 0 Å². The van der Waals surface area contributed by atoms with E-state index < -0.39 is 0 Å². The summed E-state index contributed by atoms with van der Waals surface area (Å²) in [5.74, 6) is 0.335. The minimum atomic E-state index is -0.103. The van der Waals surface area contributed by atoms with Crippen LogP contribution in [0.1, 0.15) is 38.9 Å². The summed E-state index contributed by atoms with van der Waals surface area (Å²) in [6, 6.07) is 28.7. The number of carbonyl (C=O) groups excluding carboxylic acids is 1. The maximum Gasteiger partial charge on any atom is 0.171 e. The Morgan fingerprint density at radius 2 is 1.22 bits per heavy atom. The molecule has 0 radical (unpaired) electrons. The highest BCUT2D eigenvalue weighted by Crippen LogP contribution is 2.42. The van der Waals surface area contributed by atoms with E-state index in [1.807, 2.05) is 42.5 Å². The summed E-state index contributed by atoms with van der Waals surface area (Å²) in [6.45, 7) is 0. The van der Waals surface area contributed by atoms with Crippen molar-refractivity contribution >= 4 is 5.78 Å². The van der Waals surface area contributed by atoms with Gasteiger partial charge in [0.05, 0.1) is 5.92 Å². The standard InChI is InChI=1S/C22H18O/c23-22-19-14-8-7-13-18(19)15-20(16-9-3-1-4-10-16)21(22)17-11-5-2-6-12-17/h1-14,20-21H,15H2/t20-,21-/m0/s1. The second kappa shape index (κ2) is 5.85. The highest BCUT2D eigenvalue weighted by molar-refractivity contribution is 6.04. The third-order valence-corrected chi connectivity index (χ3v) is 4.79. The molecule has 0 saturated heterocycles. The molecule has 0 saturated carbocycles. The van der Waals surface area contributed by atoms with Gasteiger partial charge in [-0.1, -0.05) is 84.9 Å². The predicted octanol–water partition coefficient (Wildman–Crippen LogP) is 4.99. The molecular formula is C22H18O. The van der Waals surface area contributed by atoms with Gasteiger partial charge >= 0.3 is 0 Å². The van der Waals surface area contributed by atoms with Crippen molar-refractivity contribution in [1.29, 1.82) is 0 Å². The summed E-state index contributed by atoms with van der Waals surface area (Å²) in [6.07, 6.45) is 0.908. The van der Waals surface area contributed by atoms with Crippen LogP contribution in [0.5, 0.6) is 0 Å². The molecule has 1 nitrogen and oxygen atoms in total. The van der Waals surface area contributed by atoms with E-state index in [0.29, 0.717) is 0 Å². The van der Waals surface area contributed by atoms with Crippen molar-refractivity contribution in [2.24, 2.45) is 0 Å². The summed E-state index contributed by atoms with van der Waals surface area (Å²) in [5, 5.41) is 0. The molecule has 0 unspecified atom stereocenters. The zero-order valence-electron chi connectivity index (χ0n) is 12.9. The van der Waals surface area contributed by atoms with E-state index in [0.717, 1.165) is 17.5 Å². The highest BCUT2D eigenvalue weighted by atomic mass is 16.1. The van der Waals surface area contributed by atoms with Crippen molar-refractivity contribution < 1.29 is 4.79 Å². The summed E-state index contributed by atoms with van der Waals surface area (Å²) >= 11 is 0. The molecule has 0 amide bonds. The summed E-state index contributed by atoms with van der Waals surface area (Å²) in [5.41, 5.74) is 4.40. The number of hydrogen-bond acceptors (Lipinski definition) is 1. The van der Waals surface area contributed by atoms with E-state index in [1.54, 1.807) is 0 Å². The predicted molar refractivity (Wildman–Crippen MR) is 92.8 cm³/mol. The molecule has 0 aliphatic heterocycles. The molecular weight excluding hydrogens is 280 g/mol. The Bertz CT molecular complexity index is 821. The van der Waals surface area contributed by atoms with E-state index in [1.165, 1.54) is 11.1 Å². The maximum absolute atomic E-state index is 13.2. The molecule has 3 aromatic carbocycles. The third-order valence-electron chi connectivity index (χ3n) is 4.79. The number of ketones is 1. The molecule has 0 bridgehead atoms. The van der Waals surface area contributed by atoms with E-state index in [-0.39, 0.29) is 17.6 Å². The number of Topliss-reactive ketones (excluding diaryl/α,β-unsaturated/α-hetero) is 1. The molecule has 0 fully saturated rings. The van der Waals surface area contributed by atoms with Gasteiger partial charge in [0.1, 0.15) is 0 Å². The Morgan fingerprint density at radius 3 is 1.91 bits per heavy atom. The second-order valence-electron chi connectivity index (χ2n) is 6.13. The number of carbonyl (C=O) groups is 1. The zero-order chi connectivity index (χ0) is 15.6. The monoisotopic (exact) mass is 298 g/mol. The van der Waals surface area contributed by atoms with E-state index >= 15 is 0 Å². The first kappa shape index (κ1) is 14.0. The van der Waals surface area contributed by atoms with Gasteiger partial charge in [-0.2, -0.15) is 0 Å². The minimum absolute atomic E-state index is 0.103. The SMILES string of the molecule is O=C1c2ccccc2C[C@@H](c2ccccc2)[C@@H]1c1ccccc1. The van der Waals surface area contributed by atoms with E-state index in [2.05, 4.69) is 42.5 Å². The van der Waals surface area contributed by atoms with Gasteiger partial charge in [0.15, 0.2) is 5.78 Å². The molecule has 1 aliphatic carbocycles. The molecule has 112 valence electrons. The smallest absolute Gasteiger partial charge is 0.171 e. The Labute approximate surface area is 136 Å². The van der Waals surface area contributed by atoms with Crippen molar-refractivity contribution in [1.82, 2.24) is 0 Å². The van der Waals surface area contributed by atoms with Crippen LogP contribution in [0.15, 0.2) is 84.9 Å². The second-order valence-corrected chi connectivity index (χ2v) is 6.13. The summed E-state index contributed by atoms with van der Waals surface area (Å²) in [4.78, 5) is 13.2. The fourth-order valence-electron chi connectivity index (χ4n) is 3.70. The lowest BCUT2D eigenvalue weighted by Gasteiger charge is -2.32. The van der Waals surface area contributed by atoms with Gasteiger partial charge in [-0.15, -0.1) is 0 Å². The van der Waals surface area contributed by atoms with Crippen LogP contribution in [-0.4, -0.2) is 5.78 Å². The minimum Gasteiger partial charge on any atom is -0.293 e. The fraction of sp³-hybridized carbons (Fsp3) is 0.136. The Kier molecular flexibility index (Phi) is 3.55. The van der Waals surface area contributed by atoms with Crippen LogP contribution >= 0.6 is 0 Å². The lowest BCUT2D eigenvalue weighted by Crippen LogP contribution is -2.28. The number of fused-ring (bicyclic) bond motifs is 1. The fourth-order valence-corrected chi connectivity index (χ4v) is 3.70. The maximum atomic E-state index is 13.2. The van der Waals surface area contributed by atoms with Gasteiger partial charge in [-0.25, -0.2) is 0 Å². The topological polar surface area (TPSA) is 17.1 Å². The number of benzene rings is 3. The first-order valence-electron chi connectivity index (χ1n) is 8.06. The van der Waals surface area contributed by atoms with Crippen molar-refractivity contribution in [3.63, 3.8) is 0 Å². The molecule has 3 aromatic rings. The van der Waals surface area contributed by atoms with Gasteiger partial charge in [-0.3, -0.25) is 4.79 Å². The normalized spacial score (nSPS) is 20.1. The van der Waals surface area contributed by atoms with Crippen LogP contribution in [-0.2, 0) is 6.42 Å². The Balaban J connectivity index is 1.87. The molecule has 23 heavy (non-hydrogen) atoms. The molecule has 2 atom stereocenters. The molecule has 0 N–H and O–H groups in total. The number of rotatable bonds is 2. The zero-order valence-corrected chi connectivity index (χ0v) is 12.9. The van der Waals surface area contributed by atoms with Gasteiger partial charge in [0.2, 0.25) is 0 Å². The highest BCUT2D eigenvalue weighted by Gasteiger charge is 2.36. The average Bonchev–Trinajstić information content (AvgIpc) is 2.63. The van der Waals surface area contributed by atoms with Crippen molar-refractivity contribution in [2.75, 3.05) is 0 Å². The molecule has 1 heteroatoms. The van der Waals surface area contributed by atoms with Crippen molar-refractivity contribution in [2.45, 2.75) is 18.3 Å². The third kappa shape index (κ3) is 2.49. The molecule has 0 spiro atoms. The van der Waals surface area contributed by atoms with Crippen LogP contribution in [0.3, 0.4) is 0 Å².